The highest BCUT2D eigenvalue weighted by Gasteiger charge is 2.42. The Labute approximate surface area is 417 Å². The number of hydrogen-bond acceptors (Lipinski definition) is 12. The van der Waals surface area contributed by atoms with E-state index in [1.807, 2.05) is 111 Å². The van der Waals surface area contributed by atoms with Gasteiger partial charge in [-0.3, -0.25) is 9.59 Å². The molecule has 0 spiro atoms. The molecule has 0 saturated heterocycles. The Hall–Kier alpha value is -5.66. The number of likely N-dealkylation sites (N-methyl/N-ethyl adjacent to an activating group) is 2. The van der Waals surface area contributed by atoms with Gasteiger partial charge in [-0.2, -0.15) is 0 Å². The molecule has 12 heteroatoms. The second-order valence-electron chi connectivity index (χ2n) is 18.6. The maximum atomic E-state index is 13.2. The van der Waals surface area contributed by atoms with Crippen molar-refractivity contribution in [1.29, 1.82) is 0 Å². The van der Waals surface area contributed by atoms with Crippen molar-refractivity contribution in [2.24, 2.45) is 0 Å². The molecule has 4 aromatic carbocycles. The average molecular weight is 959 g/mol. The summed E-state index contributed by atoms with van der Waals surface area (Å²) >= 11 is 0. The number of Topliss-reactive ketones (excluding diaryl/α,β-unsaturated/α-hetero) is 2. The van der Waals surface area contributed by atoms with Crippen LogP contribution in [0.3, 0.4) is 0 Å². The number of ether oxygens (including phenoxy) is 4. The van der Waals surface area contributed by atoms with E-state index in [0.717, 1.165) is 70.9 Å². The Morgan fingerprint density at radius 3 is 0.971 bits per heavy atom. The van der Waals surface area contributed by atoms with Crippen LogP contribution in [-0.2, 0) is 28.5 Å². The average Bonchev–Trinajstić information content (AvgIpc) is 3.37. The summed E-state index contributed by atoms with van der Waals surface area (Å²) in [7, 11) is 8.18. The number of ketones is 2. The van der Waals surface area contributed by atoms with Crippen LogP contribution in [0.4, 0.5) is 22.7 Å². The van der Waals surface area contributed by atoms with Gasteiger partial charge in [0.1, 0.15) is 23.4 Å². The van der Waals surface area contributed by atoms with E-state index in [-0.39, 0.29) is 23.1 Å². The summed E-state index contributed by atoms with van der Waals surface area (Å²) in [4.78, 5) is 35.1. The van der Waals surface area contributed by atoms with Gasteiger partial charge >= 0.3 is 0 Å². The second kappa shape index (κ2) is 27.7. The van der Waals surface area contributed by atoms with Crippen molar-refractivity contribution in [3.05, 3.63) is 131 Å². The number of unbranched alkanes of at least 4 members (excludes halogenated alkanes) is 6. The van der Waals surface area contributed by atoms with Crippen molar-refractivity contribution in [2.45, 2.75) is 77.0 Å². The second-order valence-corrected chi connectivity index (χ2v) is 18.6. The number of carbonyl (C=O) groups is 2. The minimum Gasteiger partial charge on any atom is -0.510 e. The van der Waals surface area contributed by atoms with E-state index in [1.54, 1.807) is 0 Å². The van der Waals surface area contributed by atoms with Crippen LogP contribution < -0.4 is 19.6 Å². The first-order chi connectivity index (χ1) is 34.0. The van der Waals surface area contributed by atoms with Crippen LogP contribution in [0.2, 0.25) is 0 Å². The molecule has 0 radical (unpaired) electrons. The Balaban J connectivity index is 0.774. The van der Waals surface area contributed by atoms with Gasteiger partial charge in [0, 0.05) is 77.1 Å². The first-order valence-electron chi connectivity index (χ1n) is 25.5. The fourth-order valence-electron chi connectivity index (χ4n) is 8.96. The number of anilines is 4. The Kier molecular flexibility index (Phi) is 21.2. The molecule has 2 atom stereocenters. The molecule has 70 heavy (non-hydrogen) atoms. The third kappa shape index (κ3) is 14.5. The molecule has 2 aliphatic carbocycles. The number of aliphatic hydroxyl groups excluding tert-OH is 2. The van der Waals surface area contributed by atoms with Gasteiger partial charge in [-0.15, -0.1) is 0 Å². The van der Waals surface area contributed by atoms with Crippen LogP contribution in [-0.4, -0.2) is 129 Å². The zero-order chi connectivity index (χ0) is 49.8. The summed E-state index contributed by atoms with van der Waals surface area (Å²) in [5, 5.41) is 21.9. The van der Waals surface area contributed by atoms with Gasteiger partial charge in [0.2, 0.25) is 0 Å². The van der Waals surface area contributed by atoms with E-state index in [1.165, 1.54) is 38.5 Å². The molecule has 0 aliphatic heterocycles. The minimum atomic E-state index is -0.627. The topological polar surface area (TPSA) is 124 Å². The maximum absolute atomic E-state index is 13.2. The van der Waals surface area contributed by atoms with Gasteiger partial charge in [-0.05, 0) is 83.6 Å². The van der Waals surface area contributed by atoms with Crippen molar-refractivity contribution in [1.82, 2.24) is 0 Å². The molecular formula is C58H78N4O8. The van der Waals surface area contributed by atoms with Crippen LogP contribution in [0, 0.1) is 0 Å². The van der Waals surface area contributed by atoms with Gasteiger partial charge in [0.25, 0.3) is 0 Å². The molecule has 0 amide bonds. The molecule has 4 aromatic rings. The molecule has 0 aromatic heterocycles. The summed E-state index contributed by atoms with van der Waals surface area (Å²) in [6.07, 6.45) is 9.72. The molecule has 2 N–H and O–H groups in total. The summed E-state index contributed by atoms with van der Waals surface area (Å²) in [5.41, 5.74) is 8.11. The van der Waals surface area contributed by atoms with Crippen molar-refractivity contribution < 1.29 is 38.7 Å². The zero-order valence-corrected chi connectivity index (χ0v) is 42.7. The summed E-state index contributed by atoms with van der Waals surface area (Å²) in [6.45, 7) is 11.7. The number of allylic oxidation sites excluding steroid dienone is 4. The van der Waals surface area contributed by atoms with Crippen molar-refractivity contribution >= 4 is 45.5 Å². The van der Waals surface area contributed by atoms with Crippen molar-refractivity contribution in [3.63, 3.8) is 0 Å². The fourth-order valence-corrected chi connectivity index (χ4v) is 8.96. The smallest absolute Gasteiger partial charge is 0.181 e. The third-order valence-electron chi connectivity index (χ3n) is 13.6. The summed E-state index contributed by atoms with van der Waals surface area (Å²) in [6, 6.07) is 31.4. The molecule has 0 fully saturated rings. The lowest BCUT2D eigenvalue weighted by Gasteiger charge is -2.29. The molecule has 12 nitrogen and oxygen atoms in total. The van der Waals surface area contributed by atoms with Gasteiger partial charge in [0.05, 0.1) is 64.0 Å². The molecule has 0 heterocycles. The van der Waals surface area contributed by atoms with Crippen molar-refractivity contribution in [3.8, 4) is 0 Å². The number of benzene rings is 4. The molecule has 6 rings (SSSR count). The van der Waals surface area contributed by atoms with Gasteiger partial charge in [-0.25, -0.2) is 0 Å². The fraction of sp³-hybridized carbons (Fsp3) is 0.483. The van der Waals surface area contributed by atoms with E-state index >= 15 is 0 Å². The van der Waals surface area contributed by atoms with E-state index in [4.69, 9.17) is 18.9 Å². The lowest BCUT2D eigenvalue weighted by Crippen LogP contribution is -2.28. The lowest BCUT2D eigenvalue weighted by molar-refractivity contribution is -0.117. The highest BCUT2D eigenvalue weighted by atomic mass is 16.6. The first-order valence-corrected chi connectivity index (χ1v) is 25.5. The minimum absolute atomic E-state index is 0.0548. The van der Waals surface area contributed by atoms with E-state index in [9.17, 15) is 19.8 Å². The molecule has 2 aliphatic rings. The predicted octanol–water partition coefficient (Wildman–Crippen LogP) is 10.6. The SMILES string of the molecule is CCCCCCN(C)c1ccc(C2=C(O)C(c3ccc(N(C)CCOCCOCCOCCOCCN(C)c4ccc(C5C(=O)C(c6ccc(N(C)CCCCCC)cc6)=C5O)cc4)cc3)C2=O)cc1. The highest BCUT2D eigenvalue weighted by molar-refractivity contribution is 6.32. The van der Waals surface area contributed by atoms with Crippen LogP contribution >= 0.6 is 0 Å². The number of carbonyl (C=O) groups excluding carboxylic acids is 2. The number of aliphatic hydroxyl groups is 2. The maximum Gasteiger partial charge on any atom is 0.181 e. The quantitative estimate of drug-likeness (QED) is 0.0442. The van der Waals surface area contributed by atoms with Gasteiger partial charge in [-0.1, -0.05) is 101 Å². The molecule has 2 unspecified atom stereocenters. The molecular weight excluding hydrogens is 881 g/mol. The van der Waals surface area contributed by atoms with E-state index < -0.39 is 11.8 Å². The van der Waals surface area contributed by atoms with Crippen LogP contribution in [0.25, 0.3) is 11.1 Å². The Morgan fingerprint density at radius 2 is 0.671 bits per heavy atom. The highest BCUT2D eigenvalue weighted by Crippen LogP contribution is 2.44. The first kappa shape index (κ1) is 53.7. The number of rotatable bonds is 33. The predicted molar refractivity (Wildman–Crippen MR) is 285 cm³/mol. The Morgan fingerprint density at radius 1 is 0.386 bits per heavy atom. The van der Waals surface area contributed by atoms with Crippen LogP contribution in [0.1, 0.15) is 99.3 Å². The molecule has 0 bridgehead atoms. The standard InChI is InChI=1S/C58H78N4O8/c1-7-9-11-13-31-59(3)47-23-15-43(16-24-47)51-55(63)53(56(51)64)45-19-27-49(28-20-45)61(5)33-35-67-37-39-69-41-42-70-40-38-68-36-34-62(6)50-29-21-46(22-30-50)54-57(65)52(58(54)66)44-17-25-48(26-18-44)60(4)32-14-12-10-8-2/h15-30,53-54,63,65H,7-14,31-42H2,1-6H3. The third-order valence-corrected chi connectivity index (χ3v) is 13.6. The number of hydrogen-bond donors (Lipinski definition) is 2. The van der Waals surface area contributed by atoms with Gasteiger partial charge in [0.15, 0.2) is 11.6 Å². The summed E-state index contributed by atoms with van der Waals surface area (Å²) < 4.78 is 22.9. The van der Waals surface area contributed by atoms with Gasteiger partial charge < -0.3 is 48.8 Å². The van der Waals surface area contributed by atoms with E-state index in [2.05, 4.69) is 47.5 Å². The van der Waals surface area contributed by atoms with Crippen LogP contribution in [0.15, 0.2) is 109 Å². The summed E-state index contributed by atoms with van der Waals surface area (Å²) in [5.74, 6) is -1.10. The van der Waals surface area contributed by atoms with Crippen LogP contribution in [0.5, 0.6) is 0 Å². The van der Waals surface area contributed by atoms with E-state index in [0.29, 0.717) is 77.1 Å². The monoisotopic (exact) mass is 959 g/mol. The Bertz CT molecular complexity index is 2130. The molecule has 0 saturated carbocycles. The lowest BCUT2D eigenvalue weighted by atomic mass is 9.75. The normalized spacial score (nSPS) is 15.6. The molecule has 378 valence electrons. The zero-order valence-electron chi connectivity index (χ0n) is 42.7. The van der Waals surface area contributed by atoms with Crippen molar-refractivity contribution in [2.75, 3.05) is 127 Å². The largest absolute Gasteiger partial charge is 0.510 e. The number of nitrogens with zero attached hydrogens (tertiary/aromatic N) is 4.